The van der Waals surface area contributed by atoms with Crippen LogP contribution in [0.15, 0.2) is 66.9 Å². The van der Waals surface area contributed by atoms with Gasteiger partial charge >= 0.3 is 0 Å². The van der Waals surface area contributed by atoms with E-state index in [1.54, 1.807) is 13.3 Å². The highest BCUT2D eigenvalue weighted by atomic mass is 16.6. The van der Waals surface area contributed by atoms with Crippen molar-refractivity contribution in [2.45, 2.75) is 25.7 Å². The maximum atomic E-state index is 6.13. The summed E-state index contributed by atoms with van der Waals surface area (Å²) in [6, 6.07) is 19.4. The van der Waals surface area contributed by atoms with Gasteiger partial charge in [-0.1, -0.05) is 30.3 Å². The Morgan fingerprint density at radius 2 is 1.74 bits per heavy atom. The molecule has 2 unspecified atom stereocenters. The molecule has 0 radical (unpaired) electrons. The van der Waals surface area contributed by atoms with Crippen LogP contribution < -0.4 is 18.9 Å². The lowest BCUT2D eigenvalue weighted by Gasteiger charge is -2.31. The minimum atomic E-state index is -0.298. The van der Waals surface area contributed by atoms with Crippen molar-refractivity contribution in [1.29, 1.82) is 0 Å². The number of hydrogen-bond acceptors (Lipinski definition) is 5. The Labute approximate surface area is 158 Å². The molecule has 0 amide bonds. The topological polar surface area (TPSA) is 49.8 Å². The summed E-state index contributed by atoms with van der Waals surface area (Å²) in [6.45, 7) is 2.48. The molecule has 2 heterocycles. The molecule has 0 saturated carbocycles. The summed E-state index contributed by atoms with van der Waals surface area (Å²) in [6.07, 6.45) is 1.26. The largest absolute Gasteiger partial charge is 0.497 e. The summed E-state index contributed by atoms with van der Waals surface area (Å²) in [7, 11) is 1.63. The second-order valence-corrected chi connectivity index (χ2v) is 6.37. The summed E-state index contributed by atoms with van der Waals surface area (Å²) < 4.78 is 23.2. The number of methoxy groups -OCH3 is 1. The molecule has 2 aromatic carbocycles. The summed E-state index contributed by atoms with van der Waals surface area (Å²) in [4.78, 5) is 4.52. The lowest BCUT2D eigenvalue weighted by atomic mass is 10.1. The van der Waals surface area contributed by atoms with Crippen LogP contribution in [-0.2, 0) is 6.61 Å². The maximum absolute atomic E-state index is 6.13. The fourth-order valence-electron chi connectivity index (χ4n) is 2.99. The number of ether oxygens (including phenoxy) is 4. The van der Waals surface area contributed by atoms with Crippen LogP contribution in [0.2, 0.25) is 0 Å². The molecule has 0 saturated heterocycles. The average Bonchev–Trinajstić information content (AvgIpc) is 2.72. The highest BCUT2D eigenvalue weighted by Crippen LogP contribution is 2.41. The summed E-state index contributed by atoms with van der Waals surface area (Å²) in [5.41, 5.74) is 1.91. The van der Waals surface area contributed by atoms with Crippen LogP contribution in [-0.4, -0.2) is 18.2 Å². The molecule has 2 atom stereocenters. The molecule has 5 nitrogen and oxygen atoms in total. The zero-order valence-corrected chi connectivity index (χ0v) is 15.3. The number of rotatable bonds is 5. The van der Waals surface area contributed by atoms with Crippen molar-refractivity contribution in [3.05, 3.63) is 78.1 Å². The zero-order valence-electron chi connectivity index (χ0n) is 15.3. The molecule has 5 heteroatoms. The van der Waals surface area contributed by atoms with E-state index in [-0.39, 0.29) is 12.2 Å². The van der Waals surface area contributed by atoms with Crippen molar-refractivity contribution in [2.24, 2.45) is 0 Å². The van der Waals surface area contributed by atoms with Gasteiger partial charge in [0.05, 0.1) is 19.0 Å². The molecule has 3 aromatic rings. The minimum absolute atomic E-state index is 0.158. The summed E-state index contributed by atoms with van der Waals surface area (Å²) in [5, 5.41) is 0. The van der Waals surface area contributed by atoms with Gasteiger partial charge in [0.25, 0.3) is 0 Å². The molecule has 0 fully saturated rings. The molecule has 138 valence electrons. The molecule has 1 aromatic heterocycles. The Bertz CT molecular complexity index is 896. The normalized spacial score (nSPS) is 18.0. The van der Waals surface area contributed by atoms with Gasteiger partial charge in [-0.3, -0.25) is 4.98 Å². The van der Waals surface area contributed by atoms with E-state index in [0.717, 1.165) is 17.0 Å². The van der Waals surface area contributed by atoms with E-state index in [1.165, 1.54) is 0 Å². The van der Waals surface area contributed by atoms with E-state index in [9.17, 15) is 0 Å². The fourth-order valence-corrected chi connectivity index (χ4v) is 2.99. The lowest BCUT2D eigenvalue weighted by Crippen LogP contribution is -2.31. The molecule has 0 spiro atoms. The first-order valence-corrected chi connectivity index (χ1v) is 8.87. The molecular formula is C22H21NO4. The van der Waals surface area contributed by atoms with Gasteiger partial charge in [-0.2, -0.15) is 0 Å². The van der Waals surface area contributed by atoms with Gasteiger partial charge in [-0.15, -0.1) is 0 Å². The molecule has 1 aliphatic rings. The highest BCUT2D eigenvalue weighted by Gasteiger charge is 2.31. The first-order chi connectivity index (χ1) is 13.2. The van der Waals surface area contributed by atoms with Crippen LogP contribution >= 0.6 is 0 Å². The van der Waals surface area contributed by atoms with E-state index in [0.29, 0.717) is 23.9 Å². The average molecular weight is 363 g/mol. The number of nitrogens with zero attached hydrogens (tertiary/aromatic N) is 1. The third kappa shape index (κ3) is 3.82. The van der Waals surface area contributed by atoms with E-state index >= 15 is 0 Å². The van der Waals surface area contributed by atoms with Gasteiger partial charge in [0.1, 0.15) is 24.2 Å². The van der Waals surface area contributed by atoms with Crippen LogP contribution in [0.5, 0.6) is 23.0 Å². The Kier molecular flexibility index (Phi) is 4.83. The number of fused-ring (bicyclic) bond motifs is 1. The molecule has 1 aliphatic heterocycles. The first-order valence-electron chi connectivity index (χ1n) is 8.87. The highest BCUT2D eigenvalue weighted by molar-refractivity contribution is 5.47. The quantitative estimate of drug-likeness (QED) is 0.665. The number of hydrogen-bond donors (Lipinski definition) is 0. The van der Waals surface area contributed by atoms with Crippen LogP contribution in [0.3, 0.4) is 0 Å². The second kappa shape index (κ2) is 7.58. The number of benzene rings is 2. The molecule has 0 bridgehead atoms. The van der Waals surface area contributed by atoms with Gasteiger partial charge in [0, 0.05) is 6.07 Å². The number of aromatic nitrogens is 1. The van der Waals surface area contributed by atoms with Gasteiger partial charge in [-0.25, -0.2) is 0 Å². The zero-order chi connectivity index (χ0) is 18.6. The standard InChI is InChI=1S/C22H21NO4/c1-15-22(27-21-12-17(24-2)9-11-20(21)26-15)19-10-8-18(13-23-19)25-14-16-6-4-3-5-7-16/h3-13,15,22H,14H2,1-2H3. The summed E-state index contributed by atoms with van der Waals surface area (Å²) in [5.74, 6) is 2.81. The van der Waals surface area contributed by atoms with Gasteiger partial charge in [0.2, 0.25) is 0 Å². The van der Waals surface area contributed by atoms with Crippen molar-refractivity contribution >= 4 is 0 Å². The van der Waals surface area contributed by atoms with Gasteiger partial charge in [-0.05, 0) is 36.8 Å². The summed E-state index contributed by atoms with van der Waals surface area (Å²) >= 11 is 0. The van der Waals surface area contributed by atoms with Gasteiger partial charge in [0.15, 0.2) is 17.6 Å². The lowest BCUT2D eigenvalue weighted by molar-refractivity contribution is 0.0279. The van der Waals surface area contributed by atoms with E-state index in [2.05, 4.69) is 4.98 Å². The second-order valence-electron chi connectivity index (χ2n) is 6.37. The van der Waals surface area contributed by atoms with Crippen LogP contribution in [0.1, 0.15) is 24.3 Å². The third-order valence-electron chi connectivity index (χ3n) is 4.44. The Morgan fingerprint density at radius 1 is 0.926 bits per heavy atom. The van der Waals surface area contributed by atoms with Crippen molar-refractivity contribution < 1.29 is 18.9 Å². The Hall–Kier alpha value is -3.21. The van der Waals surface area contributed by atoms with Gasteiger partial charge < -0.3 is 18.9 Å². The van der Waals surface area contributed by atoms with Crippen molar-refractivity contribution in [3.8, 4) is 23.0 Å². The molecule has 0 N–H and O–H groups in total. The Balaban J connectivity index is 1.46. The fraction of sp³-hybridized carbons (Fsp3) is 0.227. The smallest absolute Gasteiger partial charge is 0.177 e. The molecule has 0 aliphatic carbocycles. The SMILES string of the molecule is COc1ccc2c(c1)OC(c1ccc(OCc3ccccc3)cn1)C(C)O2. The van der Waals surface area contributed by atoms with Crippen molar-refractivity contribution in [2.75, 3.05) is 7.11 Å². The number of pyridine rings is 1. The van der Waals surface area contributed by atoms with E-state index in [4.69, 9.17) is 18.9 Å². The predicted octanol–water partition coefficient (Wildman–Crippen LogP) is 4.57. The van der Waals surface area contributed by atoms with E-state index in [1.807, 2.05) is 67.6 Å². The molecule has 4 rings (SSSR count). The monoisotopic (exact) mass is 363 g/mol. The minimum Gasteiger partial charge on any atom is -0.497 e. The molecular weight excluding hydrogens is 342 g/mol. The first kappa shape index (κ1) is 17.2. The molecule has 27 heavy (non-hydrogen) atoms. The van der Waals surface area contributed by atoms with Crippen LogP contribution in [0.25, 0.3) is 0 Å². The van der Waals surface area contributed by atoms with E-state index < -0.39 is 0 Å². The Morgan fingerprint density at radius 3 is 2.48 bits per heavy atom. The van der Waals surface area contributed by atoms with Crippen molar-refractivity contribution in [3.63, 3.8) is 0 Å². The van der Waals surface area contributed by atoms with Crippen LogP contribution in [0.4, 0.5) is 0 Å². The van der Waals surface area contributed by atoms with Crippen LogP contribution in [0, 0.1) is 0 Å². The van der Waals surface area contributed by atoms with Crippen molar-refractivity contribution in [1.82, 2.24) is 4.98 Å². The predicted molar refractivity (Wildman–Crippen MR) is 101 cm³/mol. The maximum Gasteiger partial charge on any atom is 0.177 e. The third-order valence-corrected chi connectivity index (χ3v) is 4.44.